The first-order chi connectivity index (χ1) is 14.1. The summed E-state index contributed by atoms with van der Waals surface area (Å²) in [4.78, 5) is 12.6. The molecule has 0 saturated carbocycles. The molecule has 0 saturated heterocycles. The molecule has 0 unspecified atom stereocenters. The number of ether oxygens (including phenoxy) is 3. The van der Waals surface area contributed by atoms with Crippen molar-refractivity contribution in [3.8, 4) is 17.2 Å². The predicted octanol–water partition coefficient (Wildman–Crippen LogP) is 2.52. The van der Waals surface area contributed by atoms with E-state index in [1.165, 1.54) is 33.4 Å². The number of amides is 1. The zero-order valence-corrected chi connectivity index (χ0v) is 18.9. The third-order valence-corrected chi connectivity index (χ3v) is 6.53. The van der Waals surface area contributed by atoms with Gasteiger partial charge in [-0.05, 0) is 55.3 Å². The number of benzene rings is 2. The number of aryl methyl sites for hydroxylation is 1. The summed E-state index contributed by atoms with van der Waals surface area (Å²) in [5.41, 5.74) is 1.50. The Balaban J connectivity index is 2.08. The molecule has 2 aromatic rings. The molecule has 30 heavy (non-hydrogen) atoms. The quantitative estimate of drug-likeness (QED) is 0.649. The van der Waals surface area contributed by atoms with Crippen LogP contribution in [-0.4, -0.2) is 53.6 Å². The topological polar surface area (TPSA) is 94.2 Å². The molecule has 0 aliphatic heterocycles. The number of sulfonamides is 1. The van der Waals surface area contributed by atoms with E-state index in [1.807, 2.05) is 6.07 Å². The van der Waals surface area contributed by atoms with Crippen LogP contribution in [-0.2, 0) is 14.8 Å². The molecule has 0 spiro atoms. The van der Waals surface area contributed by atoms with Gasteiger partial charge < -0.3 is 19.5 Å². The third-order valence-electron chi connectivity index (χ3n) is 4.73. The van der Waals surface area contributed by atoms with Crippen LogP contribution in [0.25, 0.3) is 0 Å². The normalized spacial score (nSPS) is 12.4. The highest BCUT2D eigenvalue weighted by atomic mass is 32.2. The molecule has 0 radical (unpaired) electrons. The Morgan fingerprint density at radius 1 is 1.00 bits per heavy atom. The van der Waals surface area contributed by atoms with Crippen molar-refractivity contribution in [1.29, 1.82) is 0 Å². The maximum Gasteiger partial charge on any atom is 0.243 e. The fraction of sp³-hybridized carbons (Fsp3) is 0.381. The molecule has 2 rings (SSSR count). The van der Waals surface area contributed by atoms with Gasteiger partial charge in [-0.15, -0.1) is 0 Å². The molecular weight excluding hydrogens is 408 g/mol. The van der Waals surface area contributed by atoms with Gasteiger partial charge in [-0.1, -0.05) is 6.07 Å². The largest absolute Gasteiger partial charge is 0.496 e. The molecule has 164 valence electrons. The van der Waals surface area contributed by atoms with Gasteiger partial charge in [0, 0.05) is 7.05 Å². The fourth-order valence-corrected chi connectivity index (χ4v) is 4.18. The average molecular weight is 437 g/mol. The van der Waals surface area contributed by atoms with Gasteiger partial charge in [-0.25, -0.2) is 8.42 Å². The lowest BCUT2D eigenvalue weighted by Gasteiger charge is -2.20. The summed E-state index contributed by atoms with van der Waals surface area (Å²) < 4.78 is 42.3. The van der Waals surface area contributed by atoms with E-state index in [-0.39, 0.29) is 17.5 Å². The van der Waals surface area contributed by atoms with Gasteiger partial charge >= 0.3 is 0 Å². The van der Waals surface area contributed by atoms with E-state index in [2.05, 4.69) is 5.32 Å². The summed E-state index contributed by atoms with van der Waals surface area (Å²) in [6.45, 7) is 3.25. The number of nitrogens with zero attached hydrogens (tertiary/aromatic N) is 1. The van der Waals surface area contributed by atoms with E-state index >= 15 is 0 Å². The molecule has 1 atom stereocenters. The van der Waals surface area contributed by atoms with E-state index in [1.54, 1.807) is 39.2 Å². The minimum atomic E-state index is -3.82. The summed E-state index contributed by atoms with van der Waals surface area (Å²) in [5.74, 6) is 1.30. The van der Waals surface area contributed by atoms with Crippen molar-refractivity contribution in [2.45, 2.75) is 24.8 Å². The van der Waals surface area contributed by atoms with E-state index in [9.17, 15) is 13.2 Å². The smallest absolute Gasteiger partial charge is 0.243 e. The van der Waals surface area contributed by atoms with Gasteiger partial charge in [-0.2, -0.15) is 4.31 Å². The van der Waals surface area contributed by atoms with Crippen molar-refractivity contribution in [2.75, 3.05) is 34.9 Å². The lowest BCUT2D eigenvalue weighted by Crippen LogP contribution is -2.39. The highest BCUT2D eigenvalue weighted by Gasteiger charge is 2.24. The molecule has 8 nitrogen and oxygen atoms in total. The Morgan fingerprint density at radius 2 is 1.60 bits per heavy atom. The standard InChI is InChI=1S/C21H28N2O6S/c1-14-11-17(8-10-18(14)27-4)30(25,26)23(3)13-21(24)22-15(2)16-7-9-19(28-5)20(12-16)29-6/h7-12,15H,13H2,1-6H3,(H,22,24)/t15-/m0/s1. The lowest BCUT2D eigenvalue weighted by molar-refractivity contribution is -0.121. The summed E-state index contributed by atoms with van der Waals surface area (Å²) in [7, 11) is 2.15. The van der Waals surface area contributed by atoms with Gasteiger partial charge in [0.2, 0.25) is 15.9 Å². The third kappa shape index (κ3) is 5.22. The first-order valence-corrected chi connectivity index (χ1v) is 10.7. The van der Waals surface area contributed by atoms with Crippen LogP contribution in [0.3, 0.4) is 0 Å². The van der Waals surface area contributed by atoms with Crippen LogP contribution in [0.1, 0.15) is 24.1 Å². The van der Waals surface area contributed by atoms with Crippen LogP contribution >= 0.6 is 0 Å². The Bertz CT molecular complexity index is 1010. The number of hydrogen-bond donors (Lipinski definition) is 1. The van der Waals surface area contributed by atoms with E-state index in [0.717, 1.165) is 9.87 Å². The molecule has 0 aliphatic carbocycles. The molecule has 0 fully saturated rings. The molecule has 0 heterocycles. The second-order valence-corrected chi connectivity index (χ2v) is 8.84. The molecule has 0 aliphatic rings. The van der Waals surface area contributed by atoms with E-state index < -0.39 is 15.9 Å². The SMILES string of the molecule is COc1ccc(S(=O)(=O)N(C)CC(=O)N[C@@H](C)c2ccc(OC)c(OC)c2)cc1C. The molecule has 0 aromatic heterocycles. The maximum absolute atomic E-state index is 12.8. The fourth-order valence-electron chi connectivity index (χ4n) is 2.97. The number of nitrogens with one attached hydrogen (secondary N) is 1. The van der Waals surface area contributed by atoms with Crippen LogP contribution in [0.4, 0.5) is 0 Å². The Hall–Kier alpha value is -2.78. The Kier molecular flexibility index (Phi) is 7.69. The van der Waals surface area contributed by atoms with Crippen molar-refractivity contribution in [3.63, 3.8) is 0 Å². The van der Waals surface area contributed by atoms with Crippen LogP contribution in [0.15, 0.2) is 41.3 Å². The predicted molar refractivity (Wildman–Crippen MR) is 114 cm³/mol. The minimum absolute atomic E-state index is 0.101. The number of rotatable bonds is 9. The average Bonchev–Trinajstić information content (AvgIpc) is 2.72. The van der Waals surface area contributed by atoms with Crippen molar-refractivity contribution in [3.05, 3.63) is 47.5 Å². The Morgan fingerprint density at radius 3 is 2.17 bits per heavy atom. The van der Waals surface area contributed by atoms with Gasteiger partial charge in [0.15, 0.2) is 11.5 Å². The molecule has 0 bridgehead atoms. The van der Waals surface area contributed by atoms with E-state index in [0.29, 0.717) is 22.8 Å². The first kappa shape index (κ1) is 23.5. The summed E-state index contributed by atoms with van der Waals surface area (Å²) in [5, 5.41) is 2.81. The lowest BCUT2D eigenvalue weighted by atomic mass is 10.1. The van der Waals surface area contributed by atoms with Gasteiger partial charge in [0.05, 0.1) is 38.8 Å². The number of methoxy groups -OCH3 is 3. The maximum atomic E-state index is 12.8. The van der Waals surface area contributed by atoms with Crippen LogP contribution in [0, 0.1) is 6.92 Å². The zero-order chi connectivity index (χ0) is 22.5. The van der Waals surface area contributed by atoms with E-state index in [4.69, 9.17) is 14.2 Å². The van der Waals surface area contributed by atoms with Crippen molar-refractivity contribution in [2.24, 2.45) is 0 Å². The Labute approximate surface area is 177 Å². The summed E-state index contributed by atoms with van der Waals surface area (Å²) in [6, 6.07) is 9.56. The second kappa shape index (κ2) is 9.82. The molecule has 1 N–H and O–H groups in total. The van der Waals surface area contributed by atoms with Crippen LogP contribution < -0.4 is 19.5 Å². The summed E-state index contributed by atoms with van der Waals surface area (Å²) >= 11 is 0. The molecule has 9 heteroatoms. The van der Waals surface area contributed by atoms with Crippen LogP contribution in [0.5, 0.6) is 17.2 Å². The summed E-state index contributed by atoms with van der Waals surface area (Å²) in [6.07, 6.45) is 0. The van der Waals surface area contributed by atoms with Gasteiger partial charge in [0.25, 0.3) is 0 Å². The number of carbonyl (C=O) groups excluding carboxylic acids is 1. The highest BCUT2D eigenvalue weighted by molar-refractivity contribution is 7.89. The second-order valence-electron chi connectivity index (χ2n) is 6.80. The molecular formula is C21H28N2O6S. The van der Waals surface area contributed by atoms with Crippen LogP contribution in [0.2, 0.25) is 0 Å². The van der Waals surface area contributed by atoms with Crippen molar-refractivity contribution < 1.29 is 27.4 Å². The van der Waals surface area contributed by atoms with Gasteiger partial charge in [-0.3, -0.25) is 4.79 Å². The first-order valence-electron chi connectivity index (χ1n) is 9.26. The highest BCUT2D eigenvalue weighted by Crippen LogP contribution is 2.30. The van der Waals surface area contributed by atoms with Crippen molar-refractivity contribution in [1.82, 2.24) is 9.62 Å². The van der Waals surface area contributed by atoms with Gasteiger partial charge in [0.1, 0.15) is 5.75 Å². The monoisotopic (exact) mass is 436 g/mol. The number of hydrogen-bond acceptors (Lipinski definition) is 6. The number of carbonyl (C=O) groups is 1. The zero-order valence-electron chi connectivity index (χ0n) is 18.1. The minimum Gasteiger partial charge on any atom is -0.496 e. The molecule has 1 amide bonds. The number of likely N-dealkylation sites (N-methyl/N-ethyl adjacent to an activating group) is 1. The molecule has 2 aromatic carbocycles. The van der Waals surface area contributed by atoms with Crippen molar-refractivity contribution >= 4 is 15.9 Å².